The molecule has 0 atom stereocenters. The maximum Gasteiger partial charge on any atom is 0.0589 e. The first-order valence-electron chi connectivity index (χ1n) is 8.94. The van der Waals surface area contributed by atoms with Crippen molar-refractivity contribution in [3.05, 3.63) is 0 Å². The SMILES string of the molecule is CCCCCCCCCCCC[P+](C)(C)CCCC. The molecule has 0 spiro atoms. The van der Waals surface area contributed by atoms with Gasteiger partial charge in [0, 0.05) is 20.6 Å². The first-order chi connectivity index (χ1) is 9.12. The van der Waals surface area contributed by atoms with Crippen LogP contribution in [0.25, 0.3) is 0 Å². The van der Waals surface area contributed by atoms with E-state index in [1.165, 1.54) is 83.2 Å². The van der Waals surface area contributed by atoms with Crippen LogP contribution in [0, 0.1) is 0 Å². The summed E-state index contributed by atoms with van der Waals surface area (Å²) in [5.74, 6) is 0. The minimum Gasteiger partial charge on any atom is -0.0654 e. The van der Waals surface area contributed by atoms with Crippen LogP contribution in [0.5, 0.6) is 0 Å². The molecule has 0 radical (unpaired) electrons. The van der Waals surface area contributed by atoms with Crippen LogP contribution in [-0.2, 0) is 0 Å². The molecule has 0 amide bonds. The van der Waals surface area contributed by atoms with Crippen LogP contribution in [-0.4, -0.2) is 25.7 Å². The number of hydrogen-bond acceptors (Lipinski definition) is 0. The number of unbranched alkanes of at least 4 members (excludes halogenated alkanes) is 10. The molecule has 0 aromatic carbocycles. The van der Waals surface area contributed by atoms with Gasteiger partial charge < -0.3 is 0 Å². The normalized spacial score (nSPS) is 12.0. The fourth-order valence-electron chi connectivity index (χ4n) is 2.73. The van der Waals surface area contributed by atoms with Gasteiger partial charge in [0.1, 0.15) is 0 Å². The van der Waals surface area contributed by atoms with E-state index < -0.39 is 7.26 Å². The van der Waals surface area contributed by atoms with Gasteiger partial charge >= 0.3 is 0 Å². The summed E-state index contributed by atoms with van der Waals surface area (Å²) in [6.45, 7) is 9.75. The Kier molecular flexibility index (Phi) is 13.7. The summed E-state index contributed by atoms with van der Waals surface area (Å²) in [6, 6.07) is 0. The first-order valence-corrected chi connectivity index (χ1v) is 12.0. The fourth-order valence-corrected chi connectivity index (χ4v) is 5.20. The highest BCUT2D eigenvalue weighted by Gasteiger charge is 2.22. The zero-order valence-corrected chi connectivity index (χ0v) is 15.2. The molecule has 0 aliphatic rings. The lowest BCUT2D eigenvalue weighted by atomic mass is 10.1. The van der Waals surface area contributed by atoms with E-state index in [0.29, 0.717) is 0 Å². The molecule has 0 bridgehead atoms. The summed E-state index contributed by atoms with van der Waals surface area (Å²) >= 11 is 0. The van der Waals surface area contributed by atoms with Crippen molar-refractivity contribution in [2.45, 2.75) is 90.9 Å². The topological polar surface area (TPSA) is 0 Å². The van der Waals surface area contributed by atoms with Crippen molar-refractivity contribution in [1.29, 1.82) is 0 Å². The van der Waals surface area contributed by atoms with Crippen LogP contribution in [0.1, 0.15) is 90.9 Å². The quantitative estimate of drug-likeness (QED) is 0.239. The molecular formula is C18H40P+. The predicted molar refractivity (Wildman–Crippen MR) is 95.3 cm³/mol. The zero-order chi connectivity index (χ0) is 14.4. The molecule has 0 aromatic rings. The lowest BCUT2D eigenvalue weighted by molar-refractivity contribution is 0.562. The zero-order valence-electron chi connectivity index (χ0n) is 14.3. The van der Waals surface area contributed by atoms with E-state index in [2.05, 4.69) is 27.2 Å². The van der Waals surface area contributed by atoms with Gasteiger partial charge in [-0.15, -0.1) is 0 Å². The molecule has 0 rings (SSSR count). The first kappa shape index (κ1) is 19.4. The van der Waals surface area contributed by atoms with Gasteiger partial charge in [-0.05, 0) is 19.3 Å². The lowest BCUT2D eigenvalue weighted by Crippen LogP contribution is -2.00. The third-order valence-corrected chi connectivity index (χ3v) is 7.29. The molecule has 0 unspecified atom stereocenters. The molecule has 0 aromatic heterocycles. The summed E-state index contributed by atoms with van der Waals surface area (Å²) in [6.07, 6.45) is 20.6. The monoisotopic (exact) mass is 287 g/mol. The Hall–Kier alpha value is 0.430. The third-order valence-electron chi connectivity index (χ3n) is 4.23. The second-order valence-corrected chi connectivity index (χ2v) is 11.7. The van der Waals surface area contributed by atoms with Crippen LogP contribution >= 0.6 is 7.26 Å². The van der Waals surface area contributed by atoms with Crippen molar-refractivity contribution in [2.24, 2.45) is 0 Å². The van der Waals surface area contributed by atoms with Gasteiger partial charge in [-0.25, -0.2) is 0 Å². The summed E-state index contributed by atoms with van der Waals surface area (Å²) < 4.78 is 0. The summed E-state index contributed by atoms with van der Waals surface area (Å²) in [5.41, 5.74) is 0. The van der Waals surface area contributed by atoms with Crippen molar-refractivity contribution in [3.63, 3.8) is 0 Å². The van der Waals surface area contributed by atoms with Crippen molar-refractivity contribution < 1.29 is 0 Å². The van der Waals surface area contributed by atoms with Crippen molar-refractivity contribution >= 4 is 7.26 Å². The largest absolute Gasteiger partial charge is 0.0654 e. The van der Waals surface area contributed by atoms with Gasteiger partial charge in [-0.3, -0.25) is 0 Å². The maximum absolute atomic E-state index is 2.57. The smallest absolute Gasteiger partial charge is 0.0589 e. The van der Waals surface area contributed by atoms with Crippen molar-refractivity contribution in [2.75, 3.05) is 25.7 Å². The molecule has 0 heterocycles. The Balaban J connectivity index is 3.21. The van der Waals surface area contributed by atoms with Gasteiger partial charge in [0.15, 0.2) is 0 Å². The maximum atomic E-state index is 2.57. The van der Waals surface area contributed by atoms with Crippen molar-refractivity contribution in [1.82, 2.24) is 0 Å². The average Bonchev–Trinajstić information content (AvgIpc) is 2.38. The van der Waals surface area contributed by atoms with Crippen LogP contribution in [0.2, 0.25) is 0 Å². The van der Waals surface area contributed by atoms with Crippen LogP contribution in [0.3, 0.4) is 0 Å². The highest BCUT2D eigenvalue weighted by molar-refractivity contribution is 7.74. The predicted octanol–water partition coefficient (Wildman–Crippen LogP) is 6.98. The minimum atomic E-state index is -0.533. The van der Waals surface area contributed by atoms with Gasteiger partial charge in [0.2, 0.25) is 0 Å². The van der Waals surface area contributed by atoms with Crippen molar-refractivity contribution in [3.8, 4) is 0 Å². The minimum absolute atomic E-state index is 0.533. The highest BCUT2D eigenvalue weighted by atomic mass is 31.2. The van der Waals surface area contributed by atoms with E-state index in [9.17, 15) is 0 Å². The van der Waals surface area contributed by atoms with Gasteiger partial charge in [0.25, 0.3) is 0 Å². The summed E-state index contributed by atoms with van der Waals surface area (Å²) in [7, 11) is -0.533. The molecule has 0 aliphatic heterocycles. The van der Waals surface area contributed by atoms with Crippen LogP contribution < -0.4 is 0 Å². The fraction of sp³-hybridized carbons (Fsp3) is 1.00. The molecule has 116 valence electrons. The van der Waals surface area contributed by atoms with Gasteiger partial charge in [-0.2, -0.15) is 0 Å². The third kappa shape index (κ3) is 14.6. The molecule has 1 heteroatoms. The molecule has 0 saturated heterocycles. The van der Waals surface area contributed by atoms with E-state index in [1.54, 1.807) is 6.16 Å². The number of hydrogen-bond donors (Lipinski definition) is 0. The van der Waals surface area contributed by atoms with E-state index in [-0.39, 0.29) is 0 Å². The lowest BCUT2D eigenvalue weighted by Gasteiger charge is -2.17. The molecule has 0 N–H and O–H groups in total. The molecule has 0 fully saturated rings. The Morgan fingerprint density at radius 3 is 1.32 bits per heavy atom. The van der Waals surface area contributed by atoms with Crippen LogP contribution in [0.15, 0.2) is 0 Å². The molecule has 0 nitrogen and oxygen atoms in total. The standard InChI is InChI=1S/C18H40P/c1-5-7-9-10-11-12-13-14-15-16-18-19(3,4)17-8-6-2/h5-18H2,1-4H3/q+1. The Morgan fingerprint density at radius 2 is 0.842 bits per heavy atom. The Bertz CT molecular complexity index is 175. The Morgan fingerprint density at radius 1 is 0.474 bits per heavy atom. The summed E-state index contributed by atoms with van der Waals surface area (Å²) in [4.78, 5) is 0. The van der Waals surface area contributed by atoms with Gasteiger partial charge in [-0.1, -0.05) is 71.6 Å². The van der Waals surface area contributed by atoms with E-state index in [4.69, 9.17) is 0 Å². The Labute approximate surface area is 124 Å². The molecule has 0 saturated carbocycles. The highest BCUT2D eigenvalue weighted by Crippen LogP contribution is 2.52. The molecular weight excluding hydrogens is 247 g/mol. The molecule has 19 heavy (non-hydrogen) atoms. The average molecular weight is 287 g/mol. The second-order valence-electron chi connectivity index (χ2n) is 6.92. The molecule has 0 aliphatic carbocycles. The van der Waals surface area contributed by atoms with Gasteiger partial charge in [0.05, 0.1) is 12.3 Å². The van der Waals surface area contributed by atoms with E-state index in [0.717, 1.165) is 0 Å². The second kappa shape index (κ2) is 13.4. The van der Waals surface area contributed by atoms with E-state index >= 15 is 0 Å². The van der Waals surface area contributed by atoms with Crippen LogP contribution in [0.4, 0.5) is 0 Å². The summed E-state index contributed by atoms with van der Waals surface area (Å²) in [5, 5.41) is 0. The number of rotatable bonds is 14. The van der Waals surface area contributed by atoms with E-state index in [1.807, 2.05) is 0 Å².